The van der Waals surface area contributed by atoms with Crippen LogP contribution in [0.3, 0.4) is 0 Å². The van der Waals surface area contributed by atoms with Crippen molar-refractivity contribution in [1.29, 1.82) is 0 Å². The van der Waals surface area contributed by atoms with Crippen LogP contribution in [-0.2, 0) is 0 Å². The molecule has 24 heavy (non-hydrogen) atoms. The van der Waals surface area contributed by atoms with Gasteiger partial charge in [-0.25, -0.2) is 0 Å². The number of carbonyl (C=O) groups excluding carboxylic acids is 2. The summed E-state index contributed by atoms with van der Waals surface area (Å²) >= 11 is 0. The molecule has 0 aliphatic carbocycles. The molecule has 0 radical (unpaired) electrons. The first-order valence-electron chi connectivity index (χ1n) is 6.14. The van der Waals surface area contributed by atoms with Crippen molar-refractivity contribution in [1.82, 2.24) is 15.5 Å². The van der Waals surface area contributed by atoms with Crippen LogP contribution in [0, 0.1) is 29.5 Å². The normalized spacial score (nSPS) is 10.9. The molecule has 0 aromatic carbocycles. The van der Waals surface area contributed by atoms with Crippen LogP contribution in [0.4, 0.5) is 0 Å². The third-order valence-electron chi connectivity index (χ3n) is 3.07. The van der Waals surface area contributed by atoms with Crippen molar-refractivity contribution in [3.8, 4) is 0 Å². The van der Waals surface area contributed by atoms with Crippen LogP contribution in [0.1, 0.15) is 43.8 Å². The zero-order chi connectivity index (χ0) is 17.6. The predicted octanol–water partition coefficient (Wildman–Crippen LogP) is -2.37. The Kier molecular flexibility index (Phi) is 3.21. The largest absolute Gasteiger partial charge is 0.359 e. The molecule has 0 fully saturated rings. The SMILES string of the molecule is Cc1no[n+]([O-])c1C(=O)c1no[n+]([O-])c1C(=O)c1no[n+]([O-])c1C. The molecule has 14 nitrogen and oxygen atoms in total. The minimum atomic E-state index is -1.16. The van der Waals surface area contributed by atoms with Gasteiger partial charge < -0.3 is 15.6 Å². The molecule has 0 saturated heterocycles. The highest BCUT2D eigenvalue weighted by molar-refractivity contribution is 6.15. The lowest BCUT2D eigenvalue weighted by Crippen LogP contribution is -2.36. The highest BCUT2D eigenvalue weighted by Gasteiger charge is 2.41. The number of hydrogen-bond donors (Lipinski definition) is 0. The van der Waals surface area contributed by atoms with E-state index in [9.17, 15) is 25.2 Å². The molecule has 0 amide bonds. The lowest BCUT2D eigenvalue weighted by Gasteiger charge is -1.94. The van der Waals surface area contributed by atoms with Crippen LogP contribution >= 0.6 is 0 Å². The summed E-state index contributed by atoms with van der Waals surface area (Å²) in [6.45, 7) is 2.50. The summed E-state index contributed by atoms with van der Waals surface area (Å²) < 4.78 is 12.7. The van der Waals surface area contributed by atoms with Gasteiger partial charge in [0.15, 0.2) is 0 Å². The molecule has 0 aliphatic rings. The maximum Gasteiger partial charge on any atom is 0.304 e. The van der Waals surface area contributed by atoms with Crippen LogP contribution < -0.4 is 14.7 Å². The van der Waals surface area contributed by atoms with E-state index < -0.39 is 34.3 Å². The molecule has 3 heterocycles. The summed E-state index contributed by atoms with van der Waals surface area (Å²) in [5.74, 6) is -2.29. The quantitative estimate of drug-likeness (QED) is 0.364. The summed E-state index contributed by atoms with van der Waals surface area (Å²) in [7, 11) is 0. The molecule has 0 spiro atoms. The van der Waals surface area contributed by atoms with Gasteiger partial charge in [-0.15, -0.1) is 0 Å². The van der Waals surface area contributed by atoms with Crippen LogP contribution in [-0.4, -0.2) is 27.0 Å². The monoisotopic (exact) mass is 338 g/mol. The van der Waals surface area contributed by atoms with E-state index >= 15 is 0 Å². The highest BCUT2D eigenvalue weighted by Crippen LogP contribution is 2.14. The number of ketones is 2. The van der Waals surface area contributed by atoms with Gasteiger partial charge >= 0.3 is 5.69 Å². The van der Waals surface area contributed by atoms with E-state index in [0.29, 0.717) is 0 Å². The molecule has 0 N–H and O–H groups in total. The van der Waals surface area contributed by atoms with Crippen LogP contribution in [0.25, 0.3) is 0 Å². The minimum Gasteiger partial charge on any atom is -0.359 e. The van der Waals surface area contributed by atoms with Gasteiger partial charge in [0, 0.05) is 19.0 Å². The second-order valence-electron chi connectivity index (χ2n) is 4.51. The van der Waals surface area contributed by atoms with Crippen LogP contribution in [0.15, 0.2) is 13.9 Å². The minimum absolute atomic E-state index is 0.0624. The van der Waals surface area contributed by atoms with Gasteiger partial charge in [0.05, 0.1) is 10.3 Å². The van der Waals surface area contributed by atoms with Crippen molar-refractivity contribution in [2.45, 2.75) is 13.8 Å². The number of aromatic nitrogens is 6. The topological polar surface area (TPSA) is 193 Å². The fourth-order valence-corrected chi connectivity index (χ4v) is 1.87. The Labute approximate surface area is 130 Å². The van der Waals surface area contributed by atoms with Gasteiger partial charge in [-0.1, -0.05) is 0 Å². The average molecular weight is 338 g/mol. The molecule has 0 unspecified atom stereocenters. The molecule has 0 atom stereocenters. The van der Waals surface area contributed by atoms with Crippen molar-refractivity contribution in [2.75, 3.05) is 0 Å². The Balaban J connectivity index is 2.12. The van der Waals surface area contributed by atoms with E-state index in [1.807, 2.05) is 0 Å². The number of carbonyl (C=O) groups is 2. The smallest absolute Gasteiger partial charge is 0.304 e. The van der Waals surface area contributed by atoms with Gasteiger partial charge in [-0.05, 0) is 14.7 Å². The van der Waals surface area contributed by atoms with Crippen molar-refractivity contribution in [2.24, 2.45) is 0 Å². The summed E-state index contributed by atoms with van der Waals surface area (Å²) in [5, 5.41) is 43.9. The summed E-state index contributed by atoms with van der Waals surface area (Å²) in [6, 6.07) is 0. The summed E-state index contributed by atoms with van der Waals surface area (Å²) in [5.41, 5.74) is -3.11. The van der Waals surface area contributed by atoms with E-state index in [0.717, 1.165) is 0 Å². The number of aryl methyl sites for hydroxylation is 1. The van der Waals surface area contributed by atoms with E-state index in [4.69, 9.17) is 0 Å². The van der Waals surface area contributed by atoms with Gasteiger partial charge in [0.1, 0.15) is 0 Å². The lowest BCUT2D eigenvalue weighted by atomic mass is 10.1. The molecule has 0 aliphatic heterocycles. The van der Waals surface area contributed by atoms with Gasteiger partial charge in [-0.3, -0.25) is 23.5 Å². The Morgan fingerprint density at radius 1 is 0.792 bits per heavy atom. The van der Waals surface area contributed by atoms with E-state index in [1.165, 1.54) is 13.8 Å². The van der Waals surface area contributed by atoms with E-state index in [2.05, 4.69) is 29.4 Å². The summed E-state index contributed by atoms with van der Waals surface area (Å²) in [6.07, 6.45) is 0. The molecular formula is C10H6N6O8. The fourth-order valence-electron chi connectivity index (χ4n) is 1.87. The molecule has 124 valence electrons. The first-order chi connectivity index (χ1) is 11.3. The Morgan fingerprint density at radius 3 is 1.83 bits per heavy atom. The van der Waals surface area contributed by atoms with Crippen LogP contribution in [0.5, 0.6) is 0 Å². The molecule has 0 saturated carbocycles. The molecule has 3 aromatic rings. The molecule has 14 heteroatoms. The van der Waals surface area contributed by atoms with Gasteiger partial charge in [-0.2, -0.15) is 0 Å². The average Bonchev–Trinajstić information content (AvgIpc) is 3.18. The summed E-state index contributed by atoms with van der Waals surface area (Å²) in [4.78, 5) is 24.1. The number of nitrogens with zero attached hydrogens (tertiary/aromatic N) is 6. The standard InChI is InChI=1S/C10H6N6O8/c1-3-7(15(20)22-11-3)10(18)6-8(16(21)24-13-6)9(17)5-4(2)14(19)23-12-5/h1-2H3. The second-order valence-corrected chi connectivity index (χ2v) is 4.51. The number of rotatable bonds is 4. The lowest BCUT2D eigenvalue weighted by molar-refractivity contribution is -0.807. The van der Waals surface area contributed by atoms with E-state index in [-0.39, 0.29) is 26.1 Å². The van der Waals surface area contributed by atoms with Crippen molar-refractivity contribution in [3.05, 3.63) is 49.8 Å². The van der Waals surface area contributed by atoms with Crippen molar-refractivity contribution >= 4 is 11.6 Å². The third kappa shape index (κ3) is 2.04. The highest BCUT2D eigenvalue weighted by atomic mass is 16.8. The zero-order valence-electron chi connectivity index (χ0n) is 11.9. The molecule has 3 aromatic heterocycles. The maximum atomic E-state index is 12.4. The van der Waals surface area contributed by atoms with Crippen molar-refractivity contribution < 1.29 is 38.2 Å². The number of hydrogen-bond acceptors (Lipinski definition) is 11. The van der Waals surface area contributed by atoms with Crippen LogP contribution in [0.2, 0.25) is 0 Å². The van der Waals surface area contributed by atoms with Crippen molar-refractivity contribution in [3.63, 3.8) is 0 Å². The molecular weight excluding hydrogens is 332 g/mol. The first kappa shape index (κ1) is 15.1. The van der Waals surface area contributed by atoms with Gasteiger partial charge in [0.2, 0.25) is 11.4 Å². The Bertz CT molecular complexity index is 949. The van der Waals surface area contributed by atoms with Gasteiger partial charge in [0.25, 0.3) is 28.6 Å². The maximum absolute atomic E-state index is 12.4. The third-order valence-corrected chi connectivity index (χ3v) is 3.07. The Morgan fingerprint density at radius 2 is 1.29 bits per heavy atom. The predicted molar refractivity (Wildman–Crippen MR) is 62.7 cm³/mol. The molecule has 0 bridgehead atoms. The molecule has 3 rings (SSSR count). The fraction of sp³-hybridized carbons (Fsp3) is 0.200. The second kappa shape index (κ2) is 5.11. The Hall–Kier alpha value is -3.84. The first-order valence-corrected chi connectivity index (χ1v) is 6.14. The zero-order valence-corrected chi connectivity index (χ0v) is 11.9. The van der Waals surface area contributed by atoms with E-state index in [1.54, 1.807) is 0 Å².